The second kappa shape index (κ2) is 2.93. The van der Waals surface area contributed by atoms with Crippen LogP contribution >= 0.6 is 0 Å². The fourth-order valence-corrected chi connectivity index (χ4v) is 1.24. The maximum absolute atomic E-state index is 9.42. The van der Waals surface area contributed by atoms with Gasteiger partial charge < -0.3 is 25.2 Å². The Morgan fingerprint density at radius 1 is 1.08 bits per heavy atom. The molecule has 0 aromatic heterocycles. The molecule has 0 aromatic rings. The Bertz CT molecular complexity index is 164. The Labute approximate surface area is 70.2 Å². The summed E-state index contributed by atoms with van der Waals surface area (Å²) in [4.78, 5) is 0. The number of aliphatic hydroxyl groups excluding tert-OH is 3. The molecule has 0 spiro atoms. The van der Waals surface area contributed by atoms with E-state index in [-0.39, 0.29) is 0 Å². The first-order chi connectivity index (χ1) is 5.34. The third-order valence-electron chi connectivity index (χ3n) is 1.93. The second-order valence-electron chi connectivity index (χ2n) is 3.58. The van der Waals surface area contributed by atoms with E-state index in [0.717, 1.165) is 0 Å². The molecule has 0 aliphatic carbocycles. The summed E-state index contributed by atoms with van der Waals surface area (Å²) in [6.45, 7) is 2.87. The number of hydrogen-bond acceptors (Lipinski definition) is 5. The molecule has 0 radical (unpaired) electrons. The highest BCUT2D eigenvalue weighted by atomic mass is 16.6. The van der Waals surface area contributed by atoms with E-state index in [1.807, 2.05) is 0 Å². The van der Waals surface area contributed by atoms with Crippen molar-refractivity contribution in [2.45, 2.75) is 44.1 Å². The molecule has 1 aliphatic rings. The molecule has 5 nitrogen and oxygen atoms in total. The first-order valence-corrected chi connectivity index (χ1v) is 3.76. The molecule has 1 unspecified atom stereocenters. The van der Waals surface area contributed by atoms with E-state index in [4.69, 9.17) is 14.9 Å². The summed E-state index contributed by atoms with van der Waals surface area (Å²) >= 11 is 0. The van der Waals surface area contributed by atoms with E-state index in [9.17, 15) is 10.2 Å². The van der Waals surface area contributed by atoms with Crippen molar-refractivity contribution in [2.75, 3.05) is 0 Å². The zero-order chi connectivity index (χ0) is 9.52. The third kappa shape index (κ3) is 1.60. The number of aliphatic hydroxyl groups is 4. The van der Waals surface area contributed by atoms with Gasteiger partial charge in [-0.2, -0.15) is 0 Å². The van der Waals surface area contributed by atoms with Crippen molar-refractivity contribution >= 4 is 0 Å². The molecule has 4 N–H and O–H groups in total. The van der Waals surface area contributed by atoms with Crippen LogP contribution in [0.2, 0.25) is 0 Å². The van der Waals surface area contributed by atoms with Crippen molar-refractivity contribution in [1.82, 2.24) is 0 Å². The molecule has 5 heteroatoms. The molecular formula is C7H14O5. The van der Waals surface area contributed by atoms with Crippen molar-refractivity contribution in [2.24, 2.45) is 0 Å². The van der Waals surface area contributed by atoms with E-state index in [2.05, 4.69) is 0 Å². The van der Waals surface area contributed by atoms with Gasteiger partial charge in [0.1, 0.15) is 18.3 Å². The van der Waals surface area contributed by atoms with Crippen LogP contribution in [0.15, 0.2) is 0 Å². The molecule has 0 amide bonds. The minimum absolute atomic E-state index is 0.956. The molecule has 72 valence electrons. The van der Waals surface area contributed by atoms with Gasteiger partial charge in [0.05, 0.1) is 5.60 Å². The Kier molecular flexibility index (Phi) is 2.42. The van der Waals surface area contributed by atoms with Gasteiger partial charge in [0, 0.05) is 0 Å². The molecule has 1 saturated heterocycles. The minimum atomic E-state index is -1.42. The fraction of sp³-hybridized carbons (Fsp3) is 1.00. The van der Waals surface area contributed by atoms with E-state index in [1.165, 1.54) is 13.8 Å². The number of ether oxygens (including phenoxy) is 1. The summed E-state index contributed by atoms with van der Waals surface area (Å²) in [5.41, 5.74) is -1.28. The van der Waals surface area contributed by atoms with Crippen LogP contribution in [-0.2, 0) is 4.74 Å². The average molecular weight is 178 g/mol. The zero-order valence-corrected chi connectivity index (χ0v) is 7.01. The van der Waals surface area contributed by atoms with Crippen LogP contribution in [0.4, 0.5) is 0 Å². The lowest BCUT2D eigenvalue weighted by Crippen LogP contribution is -2.45. The van der Waals surface area contributed by atoms with Gasteiger partial charge >= 0.3 is 0 Å². The maximum atomic E-state index is 9.42. The van der Waals surface area contributed by atoms with E-state index in [1.54, 1.807) is 0 Å². The first kappa shape index (κ1) is 9.88. The molecule has 1 aliphatic heterocycles. The topological polar surface area (TPSA) is 90.2 Å². The molecule has 0 aromatic carbocycles. The summed E-state index contributed by atoms with van der Waals surface area (Å²) in [5.74, 6) is 0. The van der Waals surface area contributed by atoms with Gasteiger partial charge in [-0.25, -0.2) is 0 Å². The molecule has 12 heavy (non-hydrogen) atoms. The molecule has 0 saturated carbocycles. The molecular weight excluding hydrogens is 164 g/mol. The maximum Gasteiger partial charge on any atom is 0.184 e. The van der Waals surface area contributed by atoms with Crippen LogP contribution in [0.3, 0.4) is 0 Å². The molecule has 0 bridgehead atoms. The van der Waals surface area contributed by atoms with E-state index in [0.29, 0.717) is 0 Å². The molecule has 4 atom stereocenters. The van der Waals surface area contributed by atoms with Gasteiger partial charge in [0.25, 0.3) is 0 Å². The van der Waals surface area contributed by atoms with Crippen LogP contribution in [-0.4, -0.2) is 50.6 Å². The zero-order valence-electron chi connectivity index (χ0n) is 7.01. The Hall–Kier alpha value is -0.200. The van der Waals surface area contributed by atoms with Crippen LogP contribution in [0.5, 0.6) is 0 Å². The highest BCUT2D eigenvalue weighted by molar-refractivity contribution is 4.94. The van der Waals surface area contributed by atoms with E-state index < -0.39 is 30.2 Å². The predicted octanol–water partition coefficient (Wildman–Crippen LogP) is -1.80. The van der Waals surface area contributed by atoms with Gasteiger partial charge in [-0.1, -0.05) is 0 Å². The van der Waals surface area contributed by atoms with Crippen LogP contribution < -0.4 is 0 Å². The Morgan fingerprint density at radius 3 is 1.75 bits per heavy atom. The molecule has 1 rings (SSSR count). The highest BCUT2D eigenvalue weighted by Crippen LogP contribution is 2.27. The monoisotopic (exact) mass is 178 g/mol. The average Bonchev–Trinajstić information content (AvgIpc) is 2.15. The molecule has 1 heterocycles. The number of rotatable bonds is 1. The lowest BCUT2D eigenvalue weighted by Gasteiger charge is -2.26. The summed E-state index contributed by atoms with van der Waals surface area (Å²) in [6, 6.07) is 0. The Balaban J connectivity index is 2.71. The van der Waals surface area contributed by atoms with Crippen LogP contribution in [0.1, 0.15) is 13.8 Å². The van der Waals surface area contributed by atoms with Crippen molar-refractivity contribution in [3.05, 3.63) is 0 Å². The van der Waals surface area contributed by atoms with Gasteiger partial charge in [0.2, 0.25) is 0 Å². The summed E-state index contributed by atoms with van der Waals surface area (Å²) < 4.78 is 4.76. The third-order valence-corrected chi connectivity index (χ3v) is 1.93. The summed E-state index contributed by atoms with van der Waals surface area (Å²) in [6.07, 6.45) is -4.97. The predicted molar refractivity (Wildman–Crippen MR) is 39.2 cm³/mol. The van der Waals surface area contributed by atoms with Gasteiger partial charge in [-0.15, -0.1) is 0 Å². The molecule has 1 fully saturated rings. The lowest BCUT2D eigenvalue weighted by molar-refractivity contribution is -0.165. The fourth-order valence-electron chi connectivity index (χ4n) is 1.24. The van der Waals surface area contributed by atoms with Crippen LogP contribution in [0.25, 0.3) is 0 Å². The highest BCUT2D eigenvalue weighted by Gasteiger charge is 2.48. The van der Waals surface area contributed by atoms with Crippen molar-refractivity contribution in [3.8, 4) is 0 Å². The van der Waals surface area contributed by atoms with E-state index >= 15 is 0 Å². The summed E-state index contributed by atoms with van der Waals surface area (Å²) in [5, 5.41) is 36.7. The second-order valence-corrected chi connectivity index (χ2v) is 3.58. The minimum Gasteiger partial charge on any atom is -0.388 e. The van der Waals surface area contributed by atoms with Crippen molar-refractivity contribution in [1.29, 1.82) is 0 Å². The standard InChI is InChI=1S/C7H14O5/c1-7(2,11)5-3(8)4(9)6(10)12-5/h3-6,8-11H,1-2H3/t3-,4+,5-,6?/m0/s1. The van der Waals surface area contributed by atoms with Crippen LogP contribution in [0, 0.1) is 0 Å². The van der Waals surface area contributed by atoms with Crippen molar-refractivity contribution in [3.63, 3.8) is 0 Å². The SMILES string of the molecule is CC(C)(O)[C@H]1OC(O)[C@H](O)[C@@H]1O. The quantitative estimate of drug-likeness (QED) is 0.380. The lowest BCUT2D eigenvalue weighted by atomic mass is 9.96. The number of hydrogen-bond donors (Lipinski definition) is 4. The van der Waals surface area contributed by atoms with Gasteiger partial charge in [-0.3, -0.25) is 0 Å². The van der Waals surface area contributed by atoms with Crippen molar-refractivity contribution < 1.29 is 25.2 Å². The largest absolute Gasteiger partial charge is 0.388 e. The van der Waals surface area contributed by atoms with Gasteiger partial charge in [-0.05, 0) is 13.8 Å². The summed E-state index contributed by atoms with van der Waals surface area (Å²) in [7, 11) is 0. The smallest absolute Gasteiger partial charge is 0.184 e. The first-order valence-electron chi connectivity index (χ1n) is 3.76. The van der Waals surface area contributed by atoms with Gasteiger partial charge in [0.15, 0.2) is 6.29 Å². The Morgan fingerprint density at radius 2 is 1.58 bits per heavy atom. The normalized spacial score (nSPS) is 43.5.